The number of benzene rings is 1. The standard InChI is InChI=1S/C16H20N2O2/c1-4-5-15-17(3)12(2)10-18(15)11-13-6-8-14(9-7-13)16(19)20/h6-10H,4-5,11H2,1-3H3/p+1. The van der Waals surface area contributed by atoms with Gasteiger partial charge in [-0.25, -0.2) is 13.9 Å². The monoisotopic (exact) mass is 273 g/mol. The number of carboxylic acids is 1. The maximum Gasteiger partial charge on any atom is 0.335 e. The number of nitrogens with zero attached hydrogens (tertiary/aromatic N) is 2. The van der Waals surface area contributed by atoms with E-state index in [1.807, 2.05) is 12.1 Å². The molecule has 2 aromatic rings. The van der Waals surface area contributed by atoms with Crippen LogP contribution in [0.5, 0.6) is 0 Å². The molecule has 1 aromatic heterocycles. The summed E-state index contributed by atoms with van der Waals surface area (Å²) in [6.07, 6.45) is 4.29. The molecule has 0 amide bonds. The van der Waals surface area contributed by atoms with Crippen molar-refractivity contribution in [3.05, 3.63) is 53.1 Å². The average molecular weight is 273 g/mol. The molecule has 4 nitrogen and oxygen atoms in total. The maximum absolute atomic E-state index is 10.8. The number of hydrogen-bond donors (Lipinski definition) is 1. The smallest absolute Gasteiger partial charge is 0.335 e. The number of rotatable bonds is 5. The van der Waals surface area contributed by atoms with Crippen LogP contribution in [0.1, 0.15) is 40.8 Å². The second-order valence-corrected chi connectivity index (χ2v) is 5.13. The van der Waals surface area contributed by atoms with Gasteiger partial charge in [-0.2, -0.15) is 0 Å². The summed E-state index contributed by atoms with van der Waals surface area (Å²) < 4.78 is 4.46. The van der Waals surface area contributed by atoms with E-state index < -0.39 is 5.97 Å². The molecule has 0 aliphatic rings. The van der Waals surface area contributed by atoms with E-state index in [1.165, 1.54) is 11.5 Å². The molecule has 1 heterocycles. The van der Waals surface area contributed by atoms with Crippen LogP contribution in [0.2, 0.25) is 0 Å². The van der Waals surface area contributed by atoms with Gasteiger partial charge < -0.3 is 5.11 Å². The highest BCUT2D eigenvalue weighted by Crippen LogP contribution is 2.07. The van der Waals surface area contributed by atoms with E-state index in [4.69, 9.17) is 5.11 Å². The highest BCUT2D eigenvalue weighted by molar-refractivity contribution is 5.87. The third-order valence-electron chi connectivity index (χ3n) is 3.62. The van der Waals surface area contributed by atoms with Gasteiger partial charge in [-0.3, -0.25) is 0 Å². The first kappa shape index (κ1) is 14.3. The fraction of sp³-hybridized carbons (Fsp3) is 0.375. The summed E-state index contributed by atoms with van der Waals surface area (Å²) in [4.78, 5) is 10.8. The van der Waals surface area contributed by atoms with Gasteiger partial charge in [0.2, 0.25) is 0 Å². The minimum absolute atomic E-state index is 0.330. The summed E-state index contributed by atoms with van der Waals surface area (Å²) in [6, 6.07) is 7.09. The van der Waals surface area contributed by atoms with Crippen molar-refractivity contribution in [3.63, 3.8) is 0 Å². The van der Waals surface area contributed by atoms with Crippen molar-refractivity contribution in [1.29, 1.82) is 0 Å². The van der Waals surface area contributed by atoms with E-state index in [0.717, 1.165) is 24.9 Å². The third-order valence-corrected chi connectivity index (χ3v) is 3.62. The normalized spacial score (nSPS) is 10.8. The van der Waals surface area contributed by atoms with Crippen molar-refractivity contribution in [1.82, 2.24) is 4.57 Å². The number of imidazole rings is 1. The number of aryl methyl sites for hydroxylation is 1. The van der Waals surface area contributed by atoms with Gasteiger partial charge in [-0.15, -0.1) is 0 Å². The van der Waals surface area contributed by atoms with E-state index in [9.17, 15) is 4.79 Å². The van der Waals surface area contributed by atoms with Gasteiger partial charge in [0.25, 0.3) is 5.82 Å². The van der Waals surface area contributed by atoms with Crippen LogP contribution in [0.3, 0.4) is 0 Å². The zero-order chi connectivity index (χ0) is 14.7. The van der Waals surface area contributed by atoms with Crippen molar-refractivity contribution >= 4 is 5.97 Å². The molecule has 0 bridgehead atoms. The zero-order valence-electron chi connectivity index (χ0n) is 12.3. The molecule has 1 N–H and O–H groups in total. The second-order valence-electron chi connectivity index (χ2n) is 5.13. The van der Waals surface area contributed by atoms with Crippen LogP contribution in [0.25, 0.3) is 0 Å². The molecule has 0 saturated heterocycles. The molecule has 0 aliphatic carbocycles. The molecular weight excluding hydrogens is 252 g/mol. The number of carbonyl (C=O) groups is 1. The van der Waals surface area contributed by atoms with Crippen LogP contribution in [-0.4, -0.2) is 15.6 Å². The Labute approximate surface area is 119 Å². The SMILES string of the molecule is CCCc1n(C)c(C)c[n+]1Cc1ccc(C(=O)O)cc1. The minimum Gasteiger partial charge on any atom is -0.478 e. The Balaban J connectivity index is 2.25. The first-order valence-electron chi connectivity index (χ1n) is 6.89. The molecule has 0 unspecified atom stereocenters. The molecule has 2 rings (SSSR count). The van der Waals surface area contributed by atoms with Crippen molar-refractivity contribution in [3.8, 4) is 0 Å². The molecular formula is C16H21N2O2+. The molecule has 1 aromatic carbocycles. The highest BCUT2D eigenvalue weighted by Gasteiger charge is 2.17. The van der Waals surface area contributed by atoms with E-state index >= 15 is 0 Å². The Morgan fingerprint density at radius 3 is 2.50 bits per heavy atom. The third kappa shape index (κ3) is 2.90. The van der Waals surface area contributed by atoms with E-state index in [-0.39, 0.29) is 0 Å². The number of carboxylic acid groups (broad SMARTS) is 1. The number of aromatic nitrogens is 2. The Hall–Kier alpha value is -2.10. The van der Waals surface area contributed by atoms with Crippen molar-refractivity contribution in [2.45, 2.75) is 33.2 Å². The summed E-state index contributed by atoms with van der Waals surface area (Å²) >= 11 is 0. The summed E-state index contributed by atoms with van der Waals surface area (Å²) in [6.45, 7) is 5.05. The van der Waals surface area contributed by atoms with E-state index in [0.29, 0.717) is 5.56 Å². The molecule has 0 aliphatic heterocycles. The molecule has 4 heteroatoms. The Kier molecular flexibility index (Phi) is 4.23. The fourth-order valence-electron chi connectivity index (χ4n) is 2.40. The van der Waals surface area contributed by atoms with Gasteiger partial charge in [0.1, 0.15) is 18.4 Å². The predicted molar refractivity (Wildman–Crippen MR) is 76.8 cm³/mol. The van der Waals surface area contributed by atoms with Crippen LogP contribution in [0, 0.1) is 6.92 Å². The topological polar surface area (TPSA) is 46.1 Å². The Morgan fingerprint density at radius 2 is 1.95 bits per heavy atom. The largest absolute Gasteiger partial charge is 0.478 e. The predicted octanol–water partition coefficient (Wildman–Crippen LogP) is 2.32. The van der Waals surface area contributed by atoms with E-state index in [1.54, 1.807) is 12.1 Å². The summed E-state index contributed by atoms with van der Waals surface area (Å²) in [5.74, 6) is 0.416. The van der Waals surface area contributed by atoms with Crippen molar-refractivity contribution in [2.24, 2.45) is 7.05 Å². The molecule has 0 atom stereocenters. The Morgan fingerprint density at radius 1 is 1.30 bits per heavy atom. The van der Waals surface area contributed by atoms with Gasteiger partial charge in [0.05, 0.1) is 12.6 Å². The van der Waals surface area contributed by atoms with Gasteiger partial charge in [-0.1, -0.05) is 19.1 Å². The fourth-order valence-corrected chi connectivity index (χ4v) is 2.40. The first-order chi connectivity index (χ1) is 9.52. The summed E-state index contributed by atoms with van der Waals surface area (Å²) in [5.41, 5.74) is 2.68. The van der Waals surface area contributed by atoms with Crippen LogP contribution in [-0.2, 0) is 20.0 Å². The summed E-state index contributed by atoms with van der Waals surface area (Å²) in [5, 5.41) is 8.91. The lowest BCUT2D eigenvalue weighted by atomic mass is 10.1. The van der Waals surface area contributed by atoms with Crippen LogP contribution in [0.4, 0.5) is 0 Å². The van der Waals surface area contributed by atoms with Gasteiger partial charge in [0, 0.05) is 13.3 Å². The van der Waals surface area contributed by atoms with Gasteiger partial charge in [0.15, 0.2) is 0 Å². The lowest BCUT2D eigenvalue weighted by Gasteiger charge is -2.03. The lowest BCUT2D eigenvalue weighted by molar-refractivity contribution is -0.695. The first-order valence-corrected chi connectivity index (χ1v) is 6.89. The lowest BCUT2D eigenvalue weighted by Crippen LogP contribution is -2.37. The summed E-state index contributed by atoms with van der Waals surface area (Å²) in [7, 11) is 2.09. The number of aromatic carboxylic acids is 1. The van der Waals surface area contributed by atoms with E-state index in [2.05, 4.69) is 36.2 Å². The molecule has 20 heavy (non-hydrogen) atoms. The maximum atomic E-state index is 10.8. The van der Waals surface area contributed by atoms with Gasteiger partial charge in [-0.05, 0) is 24.1 Å². The molecule has 0 saturated carbocycles. The molecule has 0 radical (unpaired) electrons. The number of hydrogen-bond acceptors (Lipinski definition) is 1. The molecule has 0 spiro atoms. The second kappa shape index (κ2) is 5.90. The van der Waals surface area contributed by atoms with Crippen molar-refractivity contribution < 1.29 is 14.5 Å². The van der Waals surface area contributed by atoms with Crippen LogP contribution < -0.4 is 4.57 Å². The van der Waals surface area contributed by atoms with Crippen molar-refractivity contribution in [2.75, 3.05) is 0 Å². The quantitative estimate of drug-likeness (QED) is 0.850. The zero-order valence-corrected chi connectivity index (χ0v) is 12.3. The highest BCUT2D eigenvalue weighted by atomic mass is 16.4. The Bertz CT molecular complexity index is 612. The molecule has 0 fully saturated rings. The minimum atomic E-state index is -0.883. The van der Waals surface area contributed by atoms with Gasteiger partial charge >= 0.3 is 5.97 Å². The average Bonchev–Trinajstić information content (AvgIpc) is 2.68. The molecule has 106 valence electrons. The van der Waals surface area contributed by atoms with Crippen LogP contribution >= 0.6 is 0 Å². The van der Waals surface area contributed by atoms with Crippen LogP contribution in [0.15, 0.2) is 30.5 Å².